The third-order valence-electron chi connectivity index (χ3n) is 2.73. The van der Waals surface area contributed by atoms with Crippen LogP contribution in [0, 0.1) is 0 Å². The lowest BCUT2D eigenvalue weighted by molar-refractivity contribution is -0.0256. The molecule has 0 spiro atoms. The molecule has 1 rings (SSSR count). The minimum absolute atomic E-state index is 0.703. The van der Waals surface area contributed by atoms with E-state index in [1.54, 1.807) is 0 Å². The van der Waals surface area contributed by atoms with Crippen LogP contribution in [-0.4, -0.2) is 11.4 Å². The van der Waals surface area contributed by atoms with E-state index in [1.807, 2.05) is 12.2 Å². The van der Waals surface area contributed by atoms with E-state index in [2.05, 4.69) is 6.92 Å². The van der Waals surface area contributed by atoms with Gasteiger partial charge in [-0.2, -0.15) is 0 Å². The largest absolute Gasteiger partial charge is 0.469 e. The van der Waals surface area contributed by atoms with Crippen LogP contribution in [0.5, 0.6) is 0 Å². The summed E-state index contributed by atoms with van der Waals surface area (Å²) in [7, 11) is 0. The molecule has 15 heavy (non-hydrogen) atoms. The number of hydrogen-bond acceptors (Lipinski definition) is 2. The summed E-state index contributed by atoms with van der Waals surface area (Å²) in [6, 6.07) is 0. The van der Waals surface area contributed by atoms with Gasteiger partial charge in [-0.05, 0) is 24.5 Å². The molecule has 1 aliphatic rings. The highest BCUT2D eigenvalue weighted by Crippen LogP contribution is 2.18. The fourth-order valence-corrected chi connectivity index (χ4v) is 1.77. The second-order valence-electron chi connectivity index (χ2n) is 4.08. The molecule has 0 fully saturated rings. The molecule has 2 heteroatoms. The van der Waals surface area contributed by atoms with Crippen molar-refractivity contribution in [1.82, 2.24) is 0 Å². The minimum Gasteiger partial charge on any atom is -0.469 e. The molecular weight excluding hydrogens is 188 g/mol. The second kappa shape index (κ2) is 7.52. The molecule has 0 aromatic rings. The van der Waals surface area contributed by atoms with Crippen molar-refractivity contribution in [2.24, 2.45) is 0 Å². The van der Waals surface area contributed by atoms with Gasteiger partial charge in [-0.3, -0.25) is 0 Å². The molecule has 1 unspecified atom stereocenters. The first-order valence-corrected chi connectivity index (χ1v) is 6.03. The van der Waals surface area contributed by atoms with E-state index < -0.39 is 6.29 Å². The standard InChI is InChI=1S/C13H22O2/c1-2-3-4-5-6-7-9-12-10-8-11-15-13(12)14/h8,10-11,13-14H,2-7,9H2,1H3. The smallest absolute Gasteiger partial charge is 0.219 e. The maximum Gasteiger partial charge on any atom is 0.219 e. The van der Waals surface area contributed by atoms with Gasteiger partial charge >= 0.3 is 0 Å². The molecule has 1 atom stereocenters. The predicted octanol–water partition coefficient (Wildman–Crippen LogP) is 3.53. The van der Waals surface area contributed by atoms with Gasteiger partial charge in [0.25, 0.3) is 0 Å². The average molecular weight is 210 g/mol. The third kappa shape index (κ3) is 5.03. The summed E-state index contributed by atoms with van der Waals surface area (Å²) in [6.45, 7) is 2.23. The van der Waals surface area contributed by atoms with Crippen LogP contribution in [0.4, 0.5) is 0 Å². The van der Waals surface area contributed by atoms with Crippen molar-refractivity contribution in [2.75, 3.05) is 0 Å². The van der Waals surface area contributed by atoms with Crippen LogP contribution >= 0.6 is 0 Å². The van der Waals surface area contributed by atoms with Gasteiger partial charge in [0.05, 0.1) is 6.26 Å². The molecule has 0 amide bonds. The van der Waals surface area contributed by atoms with Gasteiger partial charge in [0.1, 0.15) is 0 Å². The Morgan fingerprint density at radius 2 is 1.93 bits per heavy atom. The molecule has 86 valence electrons. The molecule has 0 aromatic carbocycles. The molecule has 1 N–H and O–H groups in total. The zero-order valence-corrected chi connectivity index (χ0v) is 9.61. The molecule has 1 aliphatic heterocycles. The summed E-state index contributed by atoms with van der Waals surface area (Å²) >= 11 is 0. The van der Waals surface area contributed by atoms with Gasteiger partial charge in [0.15, 0.2) is 0 Å². The first-order chi connectivity index (χ1) is 7.34. The summed E-state index contributed by atoms with van der Waals surface area (Å²) in [4.78, 5) is 0. The Morgan fingerprint density at radius 3 is 2.67 bits per heavy atom. The highest BCUT2D eigenvalue weighted by atomic mass is 16.6. The Hall–Kier alpha value is -0.760. The Kier molecular flexibility index (Phi) is 6.17. The third-order valence-corrected chi connectivity index (χ3v) is 2.73. The van der Waals surface area contributed by atoms with E-state index in [0.29, 0.717) is 0 Å². The van der Waals surface area contributed by atoms with E-state index in [-0.39, 0.29) is 0 Å². The van der Waals surface area contributed by atoms with Gasteiger partial charge in [0.2, 0.25) is 6.29 Å². The van der Waals surface area contributed by atoms with Gasteiger partial charge in [-0.1, -0.05) is 45.1 Å². The van der Waals surface area contributed by atoms with Crippen LogP contribution in [0.1, 0.15) is 51.9 Å². The van der Waals surface area contributed by atoms with Crippen molar-refractivity contribution >= 4 is 0 Å². The number of allylic oxidation sites excluding steroid dienone is 2. The number of hydrogen-bond donors (Lipinski definition) is 1. The van der Waals surface area contributed by atoms with Crippen molar-refractivity contribution in [3.05, 3.63) is 24.0 Å². The molecule has 1 heterocycles. The van der Waals surface area contributed by atoms with E-state index in [4.69, 9.17) is 4.74 Å². The summed E-state index contributed by atoms with van der Waals surface area (Å²) in [5.74, 6) is 0. The molecule has 0 aliphatic carbocycles. The number of rotatable bonds is 7. The summed E-state index contributed by atoms with van der Waals surface area (Å²) in [6.07, 6.45) is 13.3. The quantitative estimate of drug-likeness (QED) is 0.651. The van der Waals surface area contributed by atoms with Crippen LogP contribution in [-0.2, 0) is 4.74 Å². The van der Waals surface area contributed by atoms with Crippen LogP contribution in [0.2, 0.25) is 0 Å². The van der Waals surface area contributed by atoms with Crippen molar-refractivity contribution in [1.29, 1.82) is 0 Å². The van der Waals surface area contributed by atoms with Crippen molar-refractivity contribution in [3.8, 4) is 0 Å². The predicted molar refractivity (Wildman–Crippen MR) is 62.3 cm³/mol. The second-order valence-corrected chi connectivity index (χ2v) is 4.08. The fraction of sp³-hybridized carbons (Fsp3) is 0.692. The minimum atomic E-state index is -0.703. The van der Waals surface area contributed by atoms with Crippen LogP contribution in [0.3, 0.4) is 0 Å². The summed E-state index contributed by atoms with van der Waals surface area (Å²) < 4.78 is 4.99. The Morgan fingerprint density at radius 1 is 1.20 bits per heavy atom. The maximum atomic E-state index is 9.47. The zero-order valence-electron chi connectivity index (χ0n) is 9.61. The Balaban J connectivity index is 2.04. The highest BCUT2D eigenvalue weighted by Gasteiger charge is 2.11. The lowest BCUT2D eigenvalue weighted by Crippen LogP contribution is -2.14. The molecule has 0 saturated carbocycles. The first-order valence-electron chi connectivity index (χ1n) is 6.03. The Labute approximate surface area is 92.6 Å². The normalized spacial score (nSPS) is 19.9. The fourth-order valence-electron chi connectivity index (χ4n) is 1.77. The molecule has 2 nitrogen and oxygen atoms in total. The number of ether oxygens (including phenoxy) is 1. The van der Waals surface area contributed by atoms with Crippen molar-refractivity contribution < 1.29 is 9.84 Å². The van der Waals surface area contributed by atoms with E-state index in [0.717, 1.165) is 18.4 Å². The summed E-state index contributed by atoms with van der Waals surface area (Å²) in [5, 5.41) is 9.47. The van der Waals surface area contributed by atoms with Crippen molar-refractivity contribution in [3.63, 3.8) is 0 Å². The van der Waals surface area contributed by atoms with E-state index in [9.17, 15) is 5.11 Å². The van der Waals surface area contributed by atoms with Gasteiger partial charge in [-0.25, -0.2) is 0 Å². The summed E-state index contributed by atoms with van der Waals surface area (Å²) in [5.41, 5.74) is 1.01. The molecule has 0 saturated heterocycles. The molecule has 0 radical (unpaired) electrons. The lowest BCUT2D eigenvalue weighted by Gasteiger charge is -2.16. The van der Waals surface area contributed by atoms with Crippen molar-refractivity contribution in [2.45, 2.75) is 58.2 Å². The number of aliphatic hydroxyl groups is 1. The number of aliphatic hydroxyl groups excluding tert-OH is 1. The van der Waals surface area contributed by atoms with Gasteiger partial charge in [-0.15, -0.1) is 0 Å². The van der Waals surface area contributed by atoms with Gasteiger partial charge in [0, 0.05) is 0 Å². The maximum absolute atomic E-state index is 9.47. The Bertz CT molecular complexity index is 219. The topological polar surface area (TPSA) is 29.5 Å². The van der Waals surface area contributed by atoms with Crippen LogP contribution < -0.4 is 0 Å². The monoisotopic (exact) mass is 210 g/mol. The average Bonchev–Trinajstić information content (AvgIpc) is 2.25. The molecule has 0 aromatic heterocycles. The van der Waals surface area contributed by atoms with Crippen LogP contribution in [0.25, 0.3) is 0 Å². The highest BCUT2D eigenvalue weighted by molar-refractivity contribution is 5.16. The SMILES string of the molecule is CCCCCCCCC1=CC=COC1O. The lowest BCUT2D eigenvalue weighted by atomic mass is 10.0. The zero-order chi connectivity index (χ0) is 10.9. The number of unbranched alkanes of at least 4 members (excludes halogenated alkanes) is 5. The van der Waals surface area contributed by atoms with Crippen LogP contribution in [0.15, 0.2) is 24.0 Å². The van der Waals surface area contributed by atoms with E-state index >= 15 is 0 Å². The molecule has 0 bridgehead atoms. The van der Waals surface area contributed by atoms with Gasteiger partial charge < -0.3 is 9.84 Å². The first kappa shape index (κ1) is 12.3. The van der Waals surface area contributed by atoms with E-state index in [1.165, 1.54) is 38.4 Å². The molecular formula is C13H22O2.